The summed E-state index contributed by atoms with van der Waals surface area (Å²) in [5, 5.41) is 18.5. The summed E-state index contributed by atoms with van der Waals surface area (Å²) in [6.07, 6.45) is 12.8. The van der Waals surface area contributed by atoms with Crippen LogP contribution in [0.1, 0.15) is 21.0 Å². The zero-order valence-corrected chi connectivity index (χ0v) is 17.8. The Balaban J connectivity index is 1.66. The summed E-state index contributed by atoms with van der Waals surface area (Å²) in [5.74, 6) is 1.56. The van der Waals surface area contributed by atoms with E-state index in [-0.39, 0.29) is 5.57 Å². The van der Waals surface area contributed by atoms with Gasteiger partial charge in [0.15, 0.2) is 0 Å². The van der Waals surface area contributed by atoms with E-state index in [2.05, 4.69) is 4.98 Å². The molecule has 0 aliphatic carbocycles. The van der Waals surface area contributed by atoms with Gasteiger partial charge in [-0.25, -0.2) is 4.98 Å². The van der Waals surface area contributed by atoms with Crippen molar-refractivity contribution in [2.45, 2.75) is 0 Å². The summed E-state index contributed by atoms with van der Waals surface area (Å²) in [5.41, 5.74) is 3.04. The molecule has 4 nitrogen and oxygen atoms in total. The zero-order chi connectivity index (χ0) is 22.2. The third-order valence-corrected chi connectivity index (χ3v) is 5.44. The maximum atomic E-state index is 8.80. The molecule has 32 heavy (non-hydrogen) atoms. The lowest BCUT2D eigenvalue weighted by atomic mass is 10.0. The molecule has 0 saturated carbocycles. The summed E-state index contributed by atoms with van der Waals surface area (Å²) in [6, 6.07) is 23.7. The SMILES string of the molecule is N#CC(C#N)=C/C=C/c1cnc(C=C2C=C(c3ccccc3)OC(c3ccccc3)=C2)s1. The first-order chi connectivity index (χ1) is 15.7. The average Bonchev–Trinajstić information content (AvgIpc) is 3.30. The van der Waals surface area contributed by atoms with E-state index in [4.69, 9.17) is 15.3 Å². The number of benzene rings is 2. The molecule has 0 unspecified atom stereocenters. The molecule has 152 valence electrons. The third kappa shape index (κ3) is 5.17. The van der Waals surface area contributed by atoms with Crippen LogP contribution in [0.5, 0.6) is 0 Å². The van der Waals surface area contributed by atoms with Gasteiger partial charge in [0.2, 0.25) is 0 Å². The van der Waals surface area contributed by atoms with Crippen LogP contribution < -0.4 is 0 Å². The van der Waals surface area contributed by atoms with Crippen LogP contribution >= 0.6 is 11.3 Å². The van der Waals surface area contributed by atoms with Gasteiger partial charge in [0.1, 0.15) is 34.2 Å². The van der Waals surface area contributed by atoms with Gasteiger partial charge in [-0.3, -0.25) is 0 Å². The molecular weight excluding hydrogens is 414 g/mol. The number of allylic oxidation sites excluding steroid dienone is 6. The molecule has 0 bridgehead atoms. The van der Waals surface area contributed by atoms with Crippen LogP contribution in [0.15, 0.2) is 102 Å². The normalized spacial score (nSPS) is 12.8. The third-order valence-electron chi connectivity index (χ3n) is 4.53. The van der Waals surface area contributed by atoms with E-state index in [0.29, 0.717) is 0 Å². The highest BCUT2D eigenvalue weighted by Crippen LogP contribution is 2.33. The second-order valence-corrected chi connectivity index (χ2v) is 7.85. The van der Waals surface area contributed by atoms with Gasteiger partial charge in [-0.15, -0.1) is 11.3 Å². The van der Waals surface area contributed by atoms with Crippen molar-refractivity contribution < 1.29 is 4.74 Å². The van der Waals surface area contributed by atoms with Crippen molar-refractivity contribution in [3.8, 4) is 12.1 Å². The quantitative estimate of drug-likeness (QED) is 0.336. The fourth-order valence-electron chi connectivity index (χ4n) is 3.02. The minimum atomic E-state index is 0.0625. The number of ether oxygens (including phenoxy) is 1. The molecule has 0 fully saturated rings. The van der Waals surface area contributed by atoms with Gasteiger partial charge in [0.25, 0.3) is 0 Å². The number of nitriles is 2. The number of hydrogen-bond donors (Lipinski definition) is 0. The van der Waals surface area contributed by atoms with Gasteiger partial charge in [-0.1, -0.05) is 66.7 Å². The van der Waals surface area contributed by atoms with Gasteiger partial charge in [-0.2, -0.15) is 10.5 Å². The topological polar surface area (TPSA) is 69.7 Å². The van der Waals surface area contributed by atoms with E-state index in [1.54, 1.807) is 12.3 Å². The number of nitrogens with zero attached hydrogens (tertiary/aromatic N) is 3. The molecule has 0 spiro atoms. The van der Waals surface area contributed by atoms with E-state index in [1.807, 2.05) is 97.1 Å². The Bertz CT molecular complexity index is 1270. The smallest absolute Gasteiger partial charge is 0.135 e. The molecule has 0 N–H and O–H groups in total. The van der Waals surface area contributed by atoms with Gasteiger partial charge >= 0.3 is 0 Å². The van der Waals surface area contributed by atoms with Crippen molar-refractivity contribution in [3.05, 3.63) is 123 Å². The Hall–Kier alpha value is -4.45. The van der Waals surface area contributed by atoms with Crippen molar-refractivity contribution in [1.82, 2.24) is 4.98 Å². The molecule has 3 aromatic rings. The van der Waals surface area contributed by atoms with Crippen molar-refractivity contribution in [2.24, 2.45) is 0 Å². The Kier molecular flexibility index (Phi) is 6.53. The molecule has 0 amide bonds. The van der Waals surface area contributed by atoms with Crippen LogP contribution in [-0.4, -0.2) is 4.98 Å². The van der Waals surface area contributed by atoms with Crippen LogP contribution in [0, 0.1) is 22.7 Å². The van der Waals surface area contributed by atoms with E-state index in [1.165, 1.54) is 17.4 Å². The summed E-state index contributed by atoms with van der Waals surface area (Å²) in [7, 11) is 0. The Morgan fingerprint density at radius 1 is 0.875 bits per heavy atom. The predicted octanol–water partition coefficient (Wildman–Crippen LogP) is 6.63. The average molecular weight is 432 g/mol. The van der Waals surface area contributed by atoms with Gasteiger partial charge < -0.3 is 4.74 Å². The lowest BCUT2D eigenvalue weighted by molar-refractivity contribution is 0.467. The zero-order valence-electron chi connectivity index (χ0n) is 17.0. The molecule has 2 heterocycles. The highest BCUT2D eigenvalue weighted by atomic mass is 32.1. The van der Waals surface area contributed by atoms with Crippen molar-refractivity contribution in [2.75, 3.05) is 0 Å². The first-order valence-electron chi connectivity index (χ1n) is 9.83. The highest BCUT2D eigenvalue weighted by molar-refractivity contribution is 7.13. The summed E-state index contributed by atoms with van der Waals surface area (Å²) in [6.45, 7) is 0. The number of hydrogen-bond acceptors (Lipinski definition) is 5. The Labute approximate surface area is 190 Å². The highest BCUT2D eigenvalue weighted by Gasteiger charge is 2.15. The largest absolute Gasteiger partial charge is 0.456 e. The molecule has 4 rings (SSSR count). The predicted molar refractivity (Wildman–Crippen MR) is 128 cm³/mol. The lowest BCUT2D eigenvalue weighted by Gasteiger charge is -2.19. The fraction of sp³-hybridized carbons (Fsp3) is 0. The number of rotatable bonds is 5. The minimum Gasteiger partial charge on any atom is -0.456 e. The summed E-state index contributed by atoms with van der Waals surface area (Å²) >= 11 is 1.52. The number of aromatic nitrogens is 1. The van der Waals surface area contributed by atoms with Crippen LogP contribution in [0.4, 0.5) is 0 Å². The first-order valence-corrected chi connectivity index (χ1v) is 10.6. The maximum Gasteiger partial charge on any atom is 0.135 e. The van der Waals surface area contributed by atoms with Crippen LogP contribution in [-0.2, 0) is 4.74 Å². The monoisotopic (exact) mass is 431 g/mol. The fourth-order valence-corrected chi connectivity index (χ4v) is 3.81. The Morgan fingerprint density at radius 2 is 1.47 bits per heavy atom. The van der Waals surface area contributed by atoms with Crippen molar-refractivity contribution >= 4 is 35.0 Å². The standard InChI is InChI=1S/C27H17N3OS/c28-17-20(18-29)8-7-13-24-19-30-27(32-24)16-21-14-25(22-9-3-1-4-10-22)31-26(15-21)23-11-5-2-6-12-23/h1-16,19H/b13-7+. The molecule has 5 heteroatoms. The molecule has 1 aliphatic rings. The molecule has 1 aromatic heterocycles. The van der Waals surface area contributed by atoms with Crippen LogP contribution in [0.25, 0.3) is 23.7 Å². The Morgan fingerprint density at radius 3 is 2.03 bits per heavy atom. The lowest BCUT2D eigenvalue weighted by Crippen LogP contribution is -1.99. The van der Waals surface area contributed by atoms with Crippen LogP contribution in [0.3, 0.4) is 0 Å². The van der Waals surface area contributed by atoms with Crippen molar-refractivity contribution in [1.29, 1.82) is 10.5 Å². The van der Waals surface area contributed by atoms with E-state index >= 15 is 0 Å². The molecule has 0 radical (unpaired) electrons. The maximum absolute atomic E-state index is 8.80. The van der Waals surface area contributed by atoms with Gasteiger partial charge in [-0.05, 0) is 36.0 Å². The first kappa shape index (κ1) is 20.8. The van der Waals surface area contributed by atoms with Gasteiger partial charge in [0.05, 0.1) is 0 Å². The second kappa shape index (κ2) is 10.0. The molecular formula is C27H17N3OS. The van der Waals surface area contributed by atoms with E-state index < -0.39 is 0 Å². The second-order valence-electron chi connectivity index (χ2n) is 6.76. The van der Waals surface area contributed by atoms with Crippen LogP contribution in [0.2, 0.25) is 0 Å². The molecule has 0 atom stereocenters. The van der Waals surface area contributed by atoms with Crippen molar-refractivity contribution in [3.63, 3.8) is 0 Å². The molecule has 1 aliphatic heterocycles. The molecule has 2 aromatic carbocycles. The minimum absolute atomic E-state index is 0.0625. The van der Waals surface area contributed by atoms with Gasteiger partial charge in [0, 0.05) is 22.2 Å². The summed E-state index contributed by atoms with van der Waals surface area (Å²) < 4.78 is 6.22. The van der Waals surface area contributed by atoms with E-state index in [9.17, 15) is 0 Å². The summed E-state index contributed by atoms with van der Waals surface area (Å²) in [4.78, 5) is 5.41. The molecule has 0 saturated heterocycles. The van der Waals surface area contributed by atoms with E-state index in [0.717, 1.165) is 38.1 Å². The number of thiazole rings is 1.